The van der Waals surface area contributed by atoms with E-state index in [-0.39, 0.29) is 9.79 Å². The van der Waals surface area contributed by atoms with E-state index in [9.17, 15) is 16.8 Å². The van der Waals surface area contributed by atoms with Crippen molar-refractivity contribution in [2.75, 3.05) is 28.7 Å². The third-order valence-electron chi connectivity index (χ3n) is 6.45. The second-order valence-electron chi connectivity index (χ2n) is 9.81. The van der Waals surface area contributed by atoms with Gasteiger partial charge in [-0.25, -0.2) is 16.8 Å². The molecule has 4 rings (SSSR count). The van der Waals surface area contributed by atoms with E-state index in [1.807, 2.05) is 24.3 Å². The number of para-hydroxylation sites is 1. The molecule has 0 aliphatic carbocycles. The molecule has 3 aromatic carbocycles. The predicted molar refractivity (Wildman–Crippen MR) is 172 cm³/mol. The van der Waals surface area contributed by atoms with Crippen molar-refractivity contribution in [1.29, 1.82) is 0 Å². The van der Waals surface area contributed by atoms with Gasteiger partial charge in [-0.3, -0.25) is 10.9 Å². The molecule has 0 spiro atoms. The van der Waals surface area contributed by atoms with Crippen molar-refractivity contribution in [1.82, 2.24) is 9.97 Å². The molecule has 0 aliphatic rings. The van der Waals surface area contributed by atoms with E-state index < -0.39 is 19.7 Å². The van der Waals surface area contributed by atoms with Crippen molar-refractivity contribution in [3.63, 3.8) is 0 Å². The number of hydrogen-bond donors (Lipinski definition) is 3. The number of aromatic nitrogens is 2. The highest BCUT2D eigenvalue weighted by atomic mass is 32.2. The van der Waals surface area contributed by atoms with E-state index in [0.717, 1.165) is 41.3 Å². The summed E-state index contributed by atoms with van der Waals surface area (Å²) in [5.74, 6) is 1.07. The van der Waals surface area contributed by atoms with Crippen molar-refractivity contribution < 1.29 is 16.8 Å². The Bertz CT molecular complexity index is 1780. The molecule has 13 heteroatoms. The lowest BCUT2D eigenvalue weighted by atomic mass is 10.1. The van der Waals surface area contributed by atoms with E-state index in [0.29, 0.717) is 29.0 Å². The molecule has 11 nitrogen and oxygen atoms in total. The summed E-state index contributed by atoms with van der Waals surface area (Å²) in [6.45, 7) is 5.65. The van der Waals surface area contributed by atoms with Crippen LogP contribution in [-0.4, -0.2) is 50.7 Å². The fourth-order valence-corrected chi connectivity index (χ4v) is 5.25. The van der Waals surface area contributed by atoms with Crippen LogP contribution < -0.4 is 16.2 Å². The van der Waals surface area contributed by atoms with E-state index >= 15 is 0 Å². The highest BCUT2D eigenvalue weighted by Gasteiger charge is 2.11. The number of anilines is 4. The summed E-state index contributed by atoms with van der Waals surface area (Å²) in [6.07, 6.45) is 3.14. The molecule has 4 aromatic rings. The summed E-state index contributed by atoms with van der Waals surface area (Å²) < 4.78 is 47.1. The summed E-state index contributed by atoms with van der Waals surface area (Å²) >= 11 is 0. The maximum Gasteiger partial charge on any atom is 0.231 e. The Balaban J connectivity index is 1.62. The first-order valence-corrected chi connectivity index (χ1v) is 17.1. The van der Waals surface area contributed by atoms with Crippen molar-refractivity contribution >= 4 is 54.4 Å². The molecule has 0 saturated carbocycles. The smallest absolute Gasteiger partial charge is 0.231 e. The van der Waals surface area contributed by atoms with Gasteiger partial charge >= 0.3 is 0 Å². The number of sulfone groups is 2. The van der Waals surface area contributed by atoms with Crippen LogP contribution in [0.4, 0.5) is 23.3 Å². The quantitative estimate of drug-likeness (QED) is 0.151. The number of nitrogens with one attached hydrogen (secondary N) is 3. The van der Waals surface area contributed by atoms with Crippen molar-refractivity contribution in [3.05, 3.63) is 95.6 Å². The largest absolute Gasteiger partial charge is 0.324 e. The van der Waals surface area contributed by atoms with E-state index in [4.69, 9.17) is 0 Å². The van der Waals surface area contributed by atoms with Crippen LogP contribution >= 0.6 is 0 Å². The van der Waals surface area contributed by atoms with Gasteiger partial charge in [0.05, 0.1) is 21.2 Å². The first kappa shape index (κ1) is 31.3. The molecule has 224 valence electrons. The van der Waals surface area contributed by atoms with Gasteiger partial charge in [-0.15, -0.1) is 0 Å². The Labute approximate surface area is 252 Å². The van der Waals surface area contributed by atoms with Crippen LogP contribution in [0.2, 0.25) is 0 Å². The van der Waals surface area contributed by atoms with Crippen LogP contribution in [0.25, 0.3) is 0 Å². The van der Waals surface area contributed by atoms with Crippen molar-refractivity contribution in [2.45, 2.75) is 37.0 Å². The topological polar surface area (TPSA) is 155 Å². The van der Waals surface area contributed by atoms with Gasteiger partial charge in [0, 0.05) is 24.3 Å². The second kappa shape index (κ2) is 13.1. The lowest BCUT2D eigenvalue weighted by molar-refractivity contribution is 0.600. The maximum absolute atomic E-state index is 11.8. The van der Waals surface area contributed by atoms with E-state index in [2.05, 4.69) is 43.3 Å². The van der Waals surface area contributed by atoms with Crippen LogP contribution in [0.1, 0.15) is 37.5 Å². The summed E-state index contributed by atoms with van der Waals surface area (Å²) in [5.41, 5.74) is 10.6. The molecule has 0 unspecified atom stereocenters. The lowest BCUT2D eigenvalue weighted by Gasteiger charge is -2.12. The minimum absolute atomic E-state index is 0.230. The highest BCUT2D eigenvalue weighted by Crippen LogP contribution is 2.22. The first-order chi connectivity index (χ1) is 20.3. The Kier molecular flexibility index (Phi) is 9.56. The first-order valence-electron chi connectivity index (χ1n) is 13.3. The van der Waals surface area contributed by atoms with Gasteiger partial charge in [0.2, 0.25) is 5.95 Å². The number of rotatable bonds is 11. The minimum Gasteiger partial charge on any atom is -0.324 e. The highest BCUT2D eigenvalue weighted by molar-refractivity contribution is 7.91. The number of nitrogens with zero attached hydrogens (tertiary/aromatic N) is 4. The fraction of sp³-hybridized carbons (Fsp3) is 0.200. The maximum atomic E-state index is 11.8. The van der Waals surface area contributed by atoms with Crippen LogP contribution in [-0.2, 0) is 26.1 Å². The van der Waals surface area contributed by atoms with Gasteiger partial charge in [-0.2, -0.15) is 20.2 Å². The molecule has 0 radical (unpaired) electrons. The summed E-state index contributed by atoms with van der Waals surface area (Å²) in [6, 6.07) is 22.4. The zero-order chi connectivity index (χ0) is 31.2. The lowest BCUT2D eigenvalue weighted by Crippen LogP contribution is -2.07. The molecular weight excluding hydrogens is 587 g/mol. The molecule has 3 N–H and O–H groups in total. The van der Waals surface area contributed by atoms with E-state index in [1.54, 1.807) is 68.4 Å². The standard InChI is InChI=1S/C30H33N7O4S2/c1-6-22-9-7-8-10-27(22)31-30-32-28(36-34-20(2)23-11-15-25(16-12-23)42(4,38)39)19-29(33-30)37-35-21(3)24-13-17-26(18-14-24)43(5,40)41/h7-19H,6H2,1-5H3,(H3,31,32,33,36,37). The Morgan fingerprint density at radius 2 is 1.14 bits per heavy atom. The molecule has 1 heterocycles. The third kappa shape index (κ3) is 8.46. The SMILES string of the molecule is CCc1ccccc1Nc1nc(NN=C(C)c2ccc(S(C)(=O)=O)cc2)cc(NN=C(C)c2ccc(S(C)(=O)=O)cc2)n1. The van der Waals surface area contributed by atoms with Gasteiger partial charge < -0.3 is 5.32 Å². The van der Waals surface area contributed by atoms with Crippen LogP contribution in [0.3, 0.4) is 0 Å². The molecule has 0 saturated heterocycles. The molecule has 0 atom stereocenters. The average molecular weight is 620 g/mol. The zero-order valence-electron chi connectivity index (χ0n) is 24.5. The van der Waals surface area contributed by atoms with Gasteiger partial charge in [0.1, 0.15) is 0 Å². The van der Waals surface area contributed by atoms with Crippen LogP contribution in [0, 0.1) is 0 Å². The van der Waals surface area contributed by atoms with Gasteiger partial charge in [0.25, 0.3) is 0 Å². The molecule has 0 aliphatic heterocycles. The molecular formula is C30H33N7O4S2. The summed E-state index contributed by atoms with van der Waals surface area (Å²) in [5, 5.41) is 12.1. The monoisotopic (exact) mass is 619 g/mol. The van der Waals surface area contributed by atoms with Gasteiger partial charge in [-0.1, -0.05) is 49.4 Å². The molecule has 43 heavy (non-hydrogen) atoms. The normalized spacial score (nSPS) is 12.6. The van der Waals surface area contributed by atoms with Crippen LogP contribution in [0.15, 0.2) is 98.9 Å². The average Bonchev–Trinajstić information content (AvgIpc) is 2.98. The fourth-order valence-electron chi connectivity index (χ4n) is 3.99. The second-order valence-corrected chi connectivity index (χ2v) is 13.8. The van der Waals surface area contributed by atoms with Crippen molar-refractivity contribution in [2.24, 2.45) is 10.2 Å². The molecule has 0 bridgehead atoms. The van der Waals surface area contributed by atoms with Crippen LogP contribution in [0.5, 0.6) is 0 Å². The van der Waals surface area contributed by atoms with Gasteiger partial charge in [0.15, 0.2) is 31.3 Å². The third-order valence-corrected chi connectivity index (χ3v) is 8.70. The van der Waals surface area contributed by atoms with E-state index in [1.165, 1.54) is 0 Å². The molecule has 0 amide bonds. The minimum atomic E-state index is -3.30. The Morgan fingerprint density at radius 3 is 1.56 bits per heavy atom. The molecule has 0 fully saturated rings. The Hall–Kier alpha value is -4.62. The number of hydrogen-bond acceptors (Lipinski definition) is 11. The van der Waals surface area contributed by atoms with Crippen molar-refractivity contribution in [3.8, 4) is 0 Å². The number of aryl methyl sites for hydroxylation is 1. The summed E-state index contributed by atoms with van der Waals surface area (Å²) in [4.78, 5) is 9.60. The van der Waals surface area contributed by atoms with Gasteiger partial charge in [-0.05, 0) is 67.3 Å². The predicted octanol–water partition coefficient (Wildman–Crippen LogP) is 5.26. The molecule has 1 aromatic heterocycles. The zero-order valence-corrected chi connectivity index (χ0v) is 26.1. The Morgan fingerprint density at radius 1 is 0.698 bits per heavy atom. The number of hydrazone groups is 2. The number of benzene rings is 3. The summed E-state index contributed by atoms with van der Waals surface area (Å²) in [7, 11) is -6.60.